The molecule has 0 amide bonds. The Morgan fingerprint density at radius 1 is 1.02 bits per heavy atom. The van der Waals surface area contributed by atoms with E-state index < -0.39 is 30.0 Å². The van der Waals surface area contributed by atoms with Crippen LogP contribution in [0.3, 0.4) is 0 Å². The highest BCUT2D eigenvalue weighted by Crippen LogP contribution is 2.38. The molecule has 0 aliphatic rings. The molecule has 0 radical (unpaired) electrons. The van der Waals surface area contributed by atoms with Crippen LogP contribution in [0.4, 0.5) is 0 Å². The highest BCUT2D eigenvalue weighted by molar-refractivity contribution is 7.90. The maximum Gasteiger partial charge on any atom is 0.321 e. The van der Waals surface area contributed by atoms with Gasteiger partial charge in [0.1, 0.15) is 18.5 Å². The minimum absolute atomic E-state index is 0.123. The Labute approximate surface area is 271 Å². The van der Waals surface area contributed by atoms with Gasteiger partial charge in [-0.3, -0.25) is 4.79 Å². The summed E-state index contributed by atoms with van der Waals surface area (Å²) in [5, 5.41) is 10.3. The minimum Gasteiger partial charge on any atom is -0.465 e. The minimum atomic E-state index is -3.94. The summed E-state index contributed by atoms with van der Waals surface area (Å²) in [7, 11) is -5.31. The van der Waals surface area contributed by atoms with Gasteiger partial charge >= 0.3 is 5.97 Å². The summed E-state index contributed by atoms with van der Waals surface area (Å²) in [4.78, 5) is 19.1. The Kier molecular flexibility index (Phi) is 9.27. The van der Waals surface area contributed by atoms with Gasteiger partial charge in [0, 0.05) is 26.3 Å². The third-order valence-corrected chi connectivity index (χ3v) is 11.5. The molecule has 3 aromatic carbocycles. The fraction of sp³-hybridized carbons (Fsp3) is 0.343. The van der Waals surface area contributed by atoms with Crippen LogP contribution in [-0.2, 0) is 31.0 Å². The van der Waals surface area contributed by atoms with E-state index in [0.717, 1.165) is 22.7 Å². The maximum atomic E-state index is 14.0. The van der Waals surface area contributed by atoms with Crippen molar-refractivity contribution >= 4 is 46.0 Å². The van der Waals surface area contributed by atoms with Gasteiger partial charge in [0.2, 0.25) is 0 Å². The lowest BCUT2D eigenvalue weighted by atomic mass is 9.89. The number of nitrogens with zero attached hydrogens (tertiary/aromatic N) is 4. The molecule has 240 valence electrons. The summed E-state index contributed by atoms with van der Waals surface area (Å²) in [6.07, 6.45) is 1.54. The lowest BCUT2D eigenvalue weighted by Crippen LogP contribution is -2.24. The van der Waals surface area contributed by atoms with Crippen LogP contribution in [-0.4, -0.2) is 49.2 Å². The van der Waals surface area contributed by atoms with Crippen molar-refractivity contribution in [2.24, 2.45) is 0 Å². The number of ether oxygens (including phenoxy) is 2. The fourth-order valence-electron chi connectivity index (χ4n) is 5.79. The standard InChI is InChI=1S/C35H40N4O5SSi/c1-8-44-35(40)32(34-37-29-14-11-26(21-36)20-30(29)38(34)22-43-17-18-46(5,6)7)31-24(3)19-25(4)33-28(31)15-16-39(33)45(41,42)27-12-9-23(2)10-13-27/h9-16,19-20,32H,8,17-18,22H2,1-7H3. The molecule has 0 aliphatic heterocycles. The quantitative estimate of drug-likeness (QED) is 0.0851. The molecule has 0 N–H and O–H groups in total. The third kappa shape index (κ3) is 6.38. The molecule has 0 spiro atoms. The number of aryl methyl sites for hydroxylation is 3. The molecule has 11 heteroatoms. The highest BCUT2D eigenvalue weighted by Gasteiger charge is 2.34. The Morgan fingerprint density at radius 2 is 1.74 bits per heavy atom. The zero-order chi connectivity index (χ0) is 33.4. The SMILES string of the molecule is CCOC(=O)C(c1c(C)cc(C)c2c1ccn2S(=O)(=O)c1ccc(C)cc1)c1nc2ccc(C#N)cc2n1COCC[Si](C)(C)C. The number of benzene rings is 3. The Bertz CT molecular complexity index is 2080. The predicted octanol–water partition coefficient (Wildman–Crippen LogP) is 7.03. The van der Waals surface area contributed by atoms with Gasteiger partial charge in [0.25, 0.3) is 10.0 Å². The second-order valence-electron chi connectivity index (χ2n) is 12.9. The van der Waals surface area contributed by atoms with Gasteiger partial charge in [0.05, 0.1) is 39.7 Å². The summed E-state index contributed by atoms with van der Waals surface area (Å²) in [6, 6.07) is 18.7. The van der Waals surface area contributed by atoms with Crippen LogP contribution in [0.15, 0.2) is 65.7 Å². The van der Waals surface area contributed by atoms with Crippen LogP contribution in [0, 0.1) is 32.1 Å². The largest absolute Gasteiger partial charge is 0.465 e. The lowest BCUT2D eigenvalue weighted by Gasteiger charge is -2.22. The molecule has 2 aromatic heterocycles. The molecule has 1 unspecified atom stereocenters. The number of hydrogen-bond donors (Lipinski definition) is 0. The number of nitriles is 1. The molecule has 5 aromatic rings. The van der Waals surface area contributed by atoms with Gasteiger partial charge in [-0.2, -0.15) is 5.26 Å². The van der Waals surface area contributed by atoms with E-state index in [-0.39, 0.29) is 18.2 Å². The monoisotopic (exact) mass is 656 g/mol. The first-order chi connectivity index (χ1) is 21.8. The van der Waals surface area contributed by atoms with Gasteiger partial charge in [0.15, 0.2) is 0 Å². The van der Waals surface area contributed by atoms with Crippen molar-refractivity contribution in [1.29, 1.82) is 5.26 Å². The number of fused-ring (bicyclic) bond motifs is 2. The number of hydrogen-bond acceptors (Lipinski definition) is 7. The van der Waals surface area contributed by atoms with Crippen LogP contribution >= 0.6 is 0 Å². The Hall–Kier alpha value is -4.24. The molecular formula is C35H40N4O5SSi. The Balaban J connectivity index is 1.74. The van der Waals surface area contributed by atoms with Crippen molar-refractivity contribution in [3.63, 3.8) is 0 Å². The predicted molar refractivity (Wildman–Crippen MR) is 182 cm³/mol. The van der Waals surface area contributed by atoms with E-state index >= 15 is 0 Å². The Morgan fingerprint density at radius 3 is 2.39 bits per heavy atom. The van der Waals surface area contributed by atoms with E-state index in [9.17, 15) is 18.5 Å². The maximum absolute atomic E-state index is 14.0. The van der Waals surface area contributed by atoms with E-state index in [1.54, 1.807) is 61.7 Å². The molecule has 9 nitrogen and oxygen atoms in total. The molecule has 1 atom stereocenters. The van der Waals surface area contributed by atoms with E-state index in [4.69, 9.17) is 14.5 Å². The third-order valence-electron chi connectivity index (χ3n) is 8.14. The smallest absolute Gasteiger partial charge is 0.321 e. The average Bonchev–Trinajstić information content (AvgIpc) is 3.59. The summed E-state index contributed by atoms with van der Waals surface area (Å²) in [5.74, 6) is -1.11. The van der Waals surface area contributed by atoms with Crippen LogP contribution in [0.2, 0.25) is 25.7 Å². The molecule has 0 saturated heterocycles. The average molecular weight is 657 g/mol. The number of rotatable bonds is 11. The van der Waals surface area contributed by atoms with E-state index in [0.29, 0.717) is 45.5 Å². The summed E-state index contributed by atoms with van der Waals surface area (Å²) >= 11 is 0. The van der Waals surface area contributed by atoms with Crippen LogP contribution in [0.25, 0.3) is 21.9 Å². The summed E-state index contributed by atoms with van der Waals surface area (Å²) in [5.41, 5.74) is 5.33. The number of carbonyl (C=O) groups excluding carboxylic acids is 1. The summed E-state index contributed by atoms with van der Waals surface area (Å²) < 4.78 is 42.8. The lowest BCUT2D eigenvalue weighted by molar-refractivity contribution is -0.144. The van der Waals surface area contributed by atoms with Gasteiger partial charge in [-0.05, 0) is 86.8 Å². The summed E-state index contributed by atoms with van der Waals surface area (Å²) in [6.45, 7) is 15.1. The molecule has 0 aliphatic carbocycles. The molecule has 2 heterocycles. The van der Waals surface area contributed by atoms with Crippen molar-refractivity contribution < 1.29 is 22.7 Å². The van der Waals surface area contributed by atoms with E-state index in [2.05, 4.69) is 25.7 Å². The molecule has 0 fully saturated rings. The second-order valence-corrected chi connectivity index (χ2v) is 20.3. The van der Waals surface area contributed by atoms with Gasteiger partial charge in [-0.25, -0.2) is 17.4 Å². The van der Waals surface area contributed by atoms with E-state index in [1.807, 2.05) is 31.4 Å². The molecule has 5 rings (SSSR count). The fourth-order valence-corrected chi connectivity index (χ4v) is 7.96. The number of imidazole rings is 1. The first kappa shape index (κ1) is 33.1. The van der Waals surface area contributed by atoms with Gasteiger partial charge in [-0.1, -0.05) is 43.4 Å². The van der Waals surface area contributed by atoms with Crippen molar-refractivity contribution in [3.8, 4) is 6.07 Å². The van der Waals surface area contributed by atoms with Crippen molar-refractivity contribution in [2.75, 3.05) is 13.2 Å². The molecule has 0 bridgehead atoms. The topological polar surface area (TPSA) is 116 Å². The second kappa shape index (κ2) is 12.9. The highest BCUT2D eigenvalue weighted by atomic mass is 32.2. The number of esters is 1. The van der Waals surface area contributed by atoms with Gasteiger partial charge in [-0.15, -0.1) is 0 Å². The normalized spacial score (nSPS) is 12.8. The first-order valence-corrected chi connectivity index (χ1v) is 20.5. The van der Waals surface area contributed by atoms with Gasteiger partial charge < -0.3 is 14.0 Å². The number of carbonyl (C=O) groups is 1. The van der Waals surface area contributed by atoms with Crippen molar-refractivity contribution in [3.05, 3.63) is 94.4 Å². The van der Waals surface area contributed by atoms with Crippen molar-refractivity contribution in [1.82, 2.24) is 13.5 Å². The van der Waals surface area contributed by atoms with Crippen LogP contribution in [0.1, 0.15) is 46.5 Å². The van der Waals surface area contributed by atoms with E-state index in [1.165, 1.54) is 3.97 Å². The molecule has 46 heavy (non-hydrogen) atoms. The zero-order valence-electron chi connectivity index (χ0n) is 27.4. The molecular weight excluding hydrogens is 617 g/mol. The van der Waals surface area contributed by atoms with Crippen LogP contribution in [0.5, 0.6) is 0 Å². The number of aromatic nitrogens is 3. The first-order valence-electron chi connectivity index (χ1n) is 15.3. The van der Waals surface area contributed by atoms with Crippen LogP contribution < -0.4 is 0 Å². The zero-order valence-corrected chi connectivity index (χ0v) is 29.2. The molecule has 0 saturated carbocycles. The van der Waals surface area contributed by atoms with Crippen molar-refractivity contribution in [2.45, 2.75) is 70.9 Å².